The molecule has 2 atom stereocenters. The van der Waals surface area contributed by atoms with E-state index < -0.39 is 0 Å². The molecule has 1 N–H and O–H groups in total. The van der Waals surface area contributed by atoms with Crippen LogP contribution in [0.25, 0.3) is 0 Å². The smallest absolute Gasteiger partial charge is 0.00231 e. The minimum atomic E-state index is 0.891. The van der Waals surface area contributed by atoms with Gasteiger partial charge in [-0.2, -0.15) is 0 Å². The zero-order valence-corrected chi connectivity index (χ0v) is 6.48. The van der Waals surface area contributed by atoms with Crippen LogP contribution in [-0.2, 0) is 0 Å². The quantitative estimate of drug-likeness (QED) is 0.521. The van der Waals surface area contributed by atoms with Crippen molar-refractivity contribution in [2.24, 2.45) is 11.8 Å². The first kappa shape index (κ1) is 7.07. The van der Waals surface area contributed by atoms with Gasteiger partial charge >= 0.3 is 0 Å². The summed E-state index contributed by atoms with van der Waals surface area (Å²) >= 11 is 0. The molecule has 0 unspecified atom stereocenters. The molecule has 1 nitrogen and oxygen atoms in total. The van der Waals surface area contributed by atoms with Gasteiger partial charge < -0.3 is 5.32 Å². The molecule has 0 aromatic carbocycles. The van der Waals surface area contributed by atoms with Gasteiger partial charge in [-0.1, -0.05) is 13.8 Å². The third-order valence-electron chi connectivity index (χ3n) is 2.11. The minimum Gasteiger partial charge on any atom is -0.316 e. The van der Waals surface area contributed by atoms with Crippen molar-refractivity contribution >= 4 is 0 Å². The Labute approximate surface area is 57.8 Å². The van der Waals surface area contributed by atoms with E-state index in [-0.39, 0.29) is 0 Å². The standard InChI is InChI=1S/C8H17N/c1-7-3-4-9-6-8(2)5-7/h7-9H,3-6H2,1-2H3/t7-,8-/m0/s1. The fraction of sp³-hybridized carbons (Fsp3) is 1.00. The number of rotatable bonds is 0. The fourth-order valence-electron chi connectivity index (χ4n) is 1.58. The van der Waals surface area contributed by atoms with Crippen LogP contribution in [0.3, 0.4) is 0 Å². The van der Waals surface area contributed by atoms with E-state index in [4.69, 9.17) is 0 Å². The summed E-state index contributed by atoms with van der Waals surface area (Å²) in [4.78, 5) is 0. The van der Waals surface area contributed by atoms with Crippen molar-refractivity contribution in [3.05, 3.63) is 0 Å². The number of hydrogen-bond acceptors (Lipinski definition) is 1. The monoisotopic (exact) mass is 127 g/mol. The highest BCUT2D eigenvalue weighted by molar-refractivity contribution is 4.67. The maximum Gasteiger partial charge on any atom is -0.00231 e. The maximum atomic E-state index is 3.43. The van der Waals surface area contributed by atoms with Gasteiger partial charge in [-0.15, -0.1) is 0 Å². The molecule has 0 aliphatic carbocycles. The fourth-order valence-corrected chi connectivity index (χ4v) is 1.58. The van der Waals surface area contributed by atoms with Crippen molar-refractivity contribution in [1.29, 1.82) is 0 Å². The summed E-state index contributed by atoms with van der Waals surface area (Å²) in [6, 6.07) is 0. The predicted molar refractivity (Wildman–Crippen MR) is 40.4 cm³/mol. The molecule has 0 aromatic rings. The van der Waals surface area contributed by atoms with Crippen molar-refractivity contribution in [2.45, 2.75) is 26.7 Å². The molecule has 0 aromatic heterocycles. The summed E-state index contributed by atoms with van der Waals surface area (Å²) in [7, 11) is 0. The van der Waals surface area contributed by atoms with Crippen LogP contribution in [0.4, 0.5) is 0 Å². The highest BCUT2D eigenvalue weighted by Gasteiger charge is 2.11. The summed E-state index contributed by atoms with van der Waals surface area (Å²) < 4.78 is 0. The molecule has 1 heterocycles. The molecule has 1 aliphatic rings. The third kappa shape index (κ3) is 2.35. The molecule has 54 valence electrons. The van der Waals surface area contributed by atoms with E-state index in [0.29, 0.717) is 0 Å². The van der Waals surface area contributed by atoms with E-state index in [2.05, 4.69) is 19.2 Å². The largest absolute Gasteiger partial charge is 0.316 e. The summed E-state index contributed by atoms with van der Waals surface area (Å²) in [6.45, 7) is 7.13. The summed E-state index contributed by atoms with van der Waals surface area (Å²) in [5.74, 6) is 1.83. The molecular formula is C8H17N. The van der Waals surface area contributed by atoms with E-state index in [0.717, 1.165) is 11.8 Å². The summed E-state index contributed by atoms with van der Waals surface area (Å²) in [5.41, 5.74) is 0. The van der Waals surface area contributed by atoms with Crippen molar-refractivity contribution < 1.29 is 0 Å². The summed E-state index contributed by atoms with van der Waals surface area (Å²) in [6.07, 6.45) is 2.78. The SMILES string of the molecule is C[C@@H]1CNCC[C@H](C)C1. The van der Waals surface area contributed by atoms with Crippen LogP contribution in [0.2, 0.25) is 0 Å². The van der Waals surface area contributed by atoms with Crippen LogP contribution in [0.15, 0.2) is 0 Å². The lowest BCUT2D eigenvalue weighted by Gasteiger charge is -2.09. The molecule has 0 radical (unpaired) electrons. The van der Waals surface area contributed by atoms with Gasteiger partial charge in [0.2, 0.25) is 0 Å². The zero-order valence-electron chi connectivity index (χ0n) is 6.48. The van der Waals surface area contributed by atoms with Crippen molar-refractivity contribution in [3.8, 4) is 0 Å². The van der Waals surface area contributed by atoms with E-state index in [1.165, 1.54) is 25.9 Å². The Kier molecular flexibility index (Phi) is 2.52. The average Bonchev–Trinajstić information content (AvgIpc) is 1.93. The van der Waals surface area contributed by atoms with E-state index >= 15 is 0 Å². The highest BCUT2D eigenvalue weighted by Crippen LogP contribution is 2.16. The van der Waals surface area contributed by atoms with Gasteiger partial charge in [-0.05, 0) is 37.8 Å². The van der Waals surface area contributed by atoms with Gasteiger partial charge in [-0.3, -0.25) is 0 Å². The van der Waals surface area contributed by atoms with Crippen molar-refractivity contribution in [1.82, 2.24) is 5.32 Å². The van der Waals surface area contributed by atoms with Crippen molar-refractivity contribution in [2.75, 3.05) is 13.1 Å². The molecule has 0 amide bonds. The van der Waals surface area contributed by atoms with Gasteiger partial charge in [0, 0.05) is 0 Å². The first-order valence-electron chi connectivity index (χ1n) is 3.99. The zero-order chi connectivity index (χ0) is 6.69. The Balaban J connectivity index is 2.29. The number of hydrogen-bond donors (Lipinski definition) is 1. The first-order valence-corrected chi connectivity index (χ1v) is 3.99. The Morgan fingerprint density at radius 3 is 2.78 bits per heavy atom. The lowest BCUT2D eigenvalue weighted by molar-refractivity contribution is 0.440. The van der Waals surface area contributed by atoms with Crippen LogP contribution >= 0.6 is 0 Å². The van der Waals surface area contributed by atoms with Crippen LogP contribution in [-0.4, -0.2) is 13.1 Å². The van der Waals surface area contributed by atoms with Crippen molar-refractivity contribution in [3.63, 3.8) is 0 Å². The molecule has 0 saturated carbocycles. The molecule has 1 saturated heterocycles. The second-order valence-corrected chi connectivity index (χ2v) is 3.44. The van der Waals surface area contributed by atoms with E-state index in [9.17, 15) is 0 Å². The number of nitrogens with one attached hydrogen (secondary N) is 1. The molecule has 1 fully saturated rings. The second kappa shape index (κ2) is 3.21. The minimum absolute atomic E-state index is 0.891. The van der Waals surface area contributed by atoms with Crippen LogP contribution in [0.5, 0.6) is 0 Å². The van der Waals surface area contributed by atoms with Crippen LogP contribution < -0.4 is 5.32 Å². The Bertz CT molecular complexity index is 70.6. The molecule has 9 heavy (non-hydrogen) atoms. The Morgan fingerprint density at radius 2 is 2.00 bits per heavy atom. The average molecular weight is 127 g/mol. The van der Waals surface area contributed by atoms with Gasteiger partial charge in [0.15, 0.2) is 0 Å². The van der Waals surface area contributed by atoms with Gasteiger partial charge in [-0.25, -0.2) is 0 Å². The molecule has 0 bridgehead atoms. The molecule has 1 aliphatic heterocycles. The van der Waals surface area contributed by atoms with E-state index in [1.807, 2.05) is 0 Å². The topological polar surface area (TPSA) is 12.0 Å². The maximum absolute atomic E-state index is 3.43. The highest BCUT2D eigenvalue weighted by atomic mass is 14.9. The van der Waals surface area contributed by atoms with Crippen LogP contribution in [0, 0.1) is 11.8 Å². The first-order chi connectivity index (χ1) is 4.29. The predicted octanol–water partition coefficient (Wildman–Crippen LogP) is 1.64. The Morgan fingerprint density at radius 1 is 1.22 bits per heavy atom. The van der Waals surface area contributed by atoms with E-state index in [1.54, 1.807) is 0 Å². The van der Waals surface area contributed by atoms with Gasteiger partial charge in [0.05, 0.1) is 0 Å². The summed E-state index contributed by atoms with van der Waals surface area (Å²) in [5, 5.41) is 3.43. The normalized spacial score (nSPS) is 38.0. The second-order valence-electron chi connectivity index (χ2n) is 3.44. The molecular weight excluding hydrogens is 110 g/mol. The van der Waals surface area contributed by atoms with Crippen LogP contribution in [0.1, 0.15) is 26.7 Å². The molecule has 0 spiro atoms. The molecule has 1 rings (SSSR count). The molecule has 1 heteroatoms. The third-order valence-corrected chi connectivity index (χ3v) is 2.11. The lowest BCUT2D eigenvalue weighted by Crippen LogP contribution is -2.18. The lowest BCUT2D eigenvalue weighted by atomic mass is 9.97. The van der Waals surface area contributed by atoms with Gasteiger partial charge in [0.1, 0.15) is 0 Å². The Hall–Kier alpha value is -0.0400. The van der Waals surface area contributed by atoms with Gasteiger partial charge in [0.25, 0.3) is 0 Å².